The lowest BCUT2D eigenvalue weighted by Gasteiger charge is -2.37. The third kappa shape index (κ3) is 5.70. The third-order valence-corrected chi connectivity index (χ3v) is 9.01. The van der Waals surface area contributed by atoms with E-state index in [0.29, 0.717) is 24.2 Å². The number of aliphatic imine (C=N–C) groups is 1. The minimum atomic E-state index is 0.282. The van der Waals surface area contributed by atoms with Crippen molar-refractivity contribution >= 4 is 56.1 Å². The second-order valence-corrected chi connectivity index (χ2v) is 12.4. The molecule has 0 aromatic heterocycles. The first-order valence-corrected chi connectivity index (χ1v) is 15.3. The van der Waals surface area contributed by atoms with Crippen molar-refractivity contribution in [2.45, 2.75) is 31.9 Å². The van der Waals surface area contributed by atoms with Gasteiger partial charge in [0.2, 0.25) is 0 Å². The van der Waals surface area contributed by atoms with Crippen LogP contribution in [-0.2, 0) is 6.61 Å². The number of nitrogens with zero attached hydrogens (tertiary/aromatic N) is 1. The van der Waals surface area contributed by atoms with Gasteiger partial charge in [0.1, 0.15) is 6.61 Å². The van der Waals surface area contributed by atoms with Crippen LogP contribution < -0.4 is 14.8 Å². The number of hydrogen-bond acceptors (Lipinski definition) is 4. The summed E-state index contributed by atoms with van der Waals surface area (Å²) in [5, 5.41) is 3.83. The molecule has 0 radical (unpaired) electrons. The first kappa shape index (κ1) is 27.1. The number of allylic oxidation sites excluding steroid dienone is 2. The molecule has 0 bridgehead atoms. The molecule has 0 spiro atoms. The topological polar surface area (TPSA) is 42.8 Å². The van der Waals surface area contributed by atoms with Crippen LogP contribution in [0.15, 0.2) is 100 Å². The summed E-state index contributed by atoms with van der Waals surface area (Å²) in [6.45, 7) is 2.64. The number of rotatable bonds is 7. The number of anilines is 1. The van der Waals surface area contributed by atoms with Crippen LogP contribution in [0.4, 0.5) is 11.4 Å². The number of nitrogens with one attached hydrogen (secondary N) is 1. The smallest absolute Gasteiger partial charge is 0.174 e. The van der Waals surface area contributed by atoms with E-state index in [2.05, 4.69) is 111 Å². The number of aryl methyl sites for hydroxylation is 1. The van der Waals surface area contributed by atoms with Crippen LogP contribution in [0.5, 0.6) is 11.5 Å². The third-order valence-electron chi connectivity index (χ3n) is 7.68. The second kappa shape index (κ2) is 11.8. The summed E-state index contributed by atoms with van der Waals surface area (Å²) in [5.74, 6) is 2.43. The molecule has 1 heterocycles. The van der Waals surface area contributed by atoms with E-state index in [1.165, 1.54) is 22.4 Å². The Morgan fingerprint density at radius 2 is 1.82 bits per heavy atom. The van der Waals surface area contributed by atoms with Crippen LogP contribution in [0.3, 0.4) is 0 Å². The van der Waals surface area contributed by atoms with Gasteiger partial charge >= 0.3 is 0 Å². The molecule has 0 fully saturated rings. The molecule has 202 valence electrons. The summed E-state index contributed by atoms with van der Waals surface area (Å²) in [7, 11) is 1.67. The maximum atomic E-state index is 6.13. The average molecular weight is 705 g/mol. The van der Waals surface area contributed by atoms with Crippen LogP contribution in [-0.4, -0.2) is 13.3 Å². The predicted octanol–water partition coefficient (Wildman–Crippen LogP) is 9.53. The van der Waals surface area contributed by atoms with E-state index in [9.17, 15) is 0 Å². The van der Waals surface area contributed by atoms with Crippen molar-refractivity contribution in [3.63, 3.8) is 0 Å². The molecule has 1 N–H and O–H groups in total. The molecule has 3 atom stereocenters. The molecule has 4 aromatic carbocycles. The van der Waals surface area contributed by atoms with Crippen LogP contribution in [0, 0.1) is 16.4 Å². The molecule has 2 aliphatic rings. The number of benzene rings is 4. The molecule has 0 saturated heterocycles. The lowest BCUT2D eigenvalue weighted by atomic mass is 9.76. The summed E-state index contributed by atoms with van der Waals surface area (Å²) >= 11 is 5.77. The zero-order valence-corrected chi connectivity index (χ0v) is 26.1. The van der Waals surface area contributed by atoms with Crippen molar-refractivity contribution in [1.29, 1.82) is 0 Å². The number of fused-ring (bicyclic) bond motifs is 3. The van der Waals surface area contributed by atoms with Gasteiger partial charge < -0.3 is 14.8 Å². The zero-order valence-electron chi connectivity index (χ0n) is 22.4. The van der Waals surface area contributed by atoms with Crippen molar-refractivity contribution in [2.24, 2.45) is 10.9 Å². The van der Waals surface area contributed by atoms with E-state index < -0.39 is 0 Å². The Hall–Kier alpha value is -3.10. The van der Waals surface area contributed by atoms with Gasteiger partial charge in [-0.1, -0.05) is 70.0 Å². The molecule has 0 amide bonds. The van der Waals surface area contributed by atoms with Crippen LogP contribution >= 0.6 is 38.5 Å². The minimum absolute atomic E-state index is 0.282. The first-order chi connectivity index (χ1) is 19.5. The van der Waals surface area contributed by atoms with Crippen molar-refractivity contribution in [3.05, 3.63) is 127 Å². The highest BCUT2D eigenvalue weighted by molar-refractivity contribution is 14.1. The Bertz CT molecular complexity index is 1580. The highest BCUT2D eigenvalue weighted by Gasteiger charge is 2.37. The van der Waals surface area contributed by atoms with Gasteiger partial charge in [0.05, 0.1) is 22.4 Å². The predicted molar refractivity (Wildman–Crippen MR) is 175 cm³/mol. The Morgan fingerprint density at radius 1 is 1.02 bits per heavy atom. The van der Waals surface area contributed by atoms with Crippen molar-refractivity contribution in [3.8, 4) is 11.5 Å². The lowest BCUT2D eigenvalue weighted by molar-refractivity contribution is 0.282. The summed E-state index contributed by atoms with van der Waals surface area (Å²) in [4.78, 5) is 4.76. The van der Waals surface area contributed by atoms with Crippen molar-refractivity contribution < 1.29 is 9.47 Å². The maximum Gasteiger partial charge on any atom is 0.174 e. The van der Waals surface area contributed by atoms with E-state index in [0.717, 1.165) is 37.0 Å². The molecule has 4 aromatic rings. The fraction of sp³-hybridized carbons (Fsp3) is 0.206. The normalized spacial score (nSPS) is 19.2. The minimum Gasteiger partial charge on any atom is -0.493 e. The Labute approximate surface area is 257 Å². The standard InChI is InChI=1S/C34H30BrIN2O2/c1-21-6-15-31-29(16-21)27-4-3-5-28(27)33(38-31)24-9-13-26(14-10-24)37-19-23-17-30(36)34(32(18-23)39-2)40-20-22-7-11-25(35)12-8-22/h3-4,6-19,27-28,33,38H,5,20H2,1-2H3/t27-,28+,33-/m0/s1. The Morgan fingerprint density at radius 3 is 2.60 bits per heavy atom. The molecule has 4 nitrogen and oxygen atoms in total. The Balaban J connectivity index is 1.16. The summed E-state index contributed by atoms with van der Waals surface area (Å²) in [6, 6.07) is 27.8. The largest absolute Gasteiger partial charge is 0.493 e. The molecular weight excluding hydrogens is 675 g/mol. The molecule has 6 heteroatoms. The average Bonchev–Trinajstić information content (AvgIpc) is 3.47. The number of ether oxygens (including phenoxy) is 2. The van der Waals surface area contributed by atoms with Gasteiger partial charge in [-0.05, 0) is 107 Å². The van der Waals surface area contributed by atoms with Crippen molar-refractivity contribution in [1.82, 2.24) is 0 Å². The van der Waals surface area contributed by atoms with Gasteiger partial charge in [-0.3, -0.25) is 4.99 Å². The number of halogens is 2. The SMILES string of the molecule is COc1cc(C=Nc2ccc([C@@H]3Nc4ccc(C)cc4[C@H]4C=CC[C@H]43)cc2)cc(I)c1OCc1ccc(Br)cc1. The summed E-state index contributed by atoms with van der Waals surface area (Å²) in [5.41, 5.74) is 8.26. The lowest BCUT2D eigenvalue weighted by Crippen LogP contribution is -2.29. The molecule has 1 aliphatic carbocycles. The van der Waals surface area contributed by atoms with Gasteiger partial charge in [0.25, 0.3) is 0 Å². The monoisotopic (exact) mass is 704 g/mol. The van der Waals surface area contributed by atoms with Gasteiger partial charge in [-0.15, -0.1) is 0 Å². The van der Waals surface area contributed by atoms with Crippen LogP contribution in [0.1, 0.15) is 46.2 Å². The van der Waals surface area contributed by atoms with Gasteiger partial charge in [0.15, 0.2) is 11.5 Å². The first-order valence-electron chi connectivity index (χ1n) is 13.4. The molecule has 0 saturated carbocycles. The quantitative estimate of drug-likeness (QED) is 0.118. The van der Waals surface area contributed by atoms with Gasteiger partial charge in [-0.2, -0.15) is 0 Å². The highest BCUT2D eigenvalue weighted by Crippen LogP contribution is 2.50. The summed E-state index contributed by atoms with van der Waals surface area (Å²) < 4.78 is 13.8. The van der Waals surface area contributed by atoms with Crippen molar-refractivity contribution in [2.75, 3.05) is 12.4 Å². The van der Waals surface area contributed by atoms with E-state index >= 15 is 0 Å². The van der Waals surface area contributed by atoms with Gasteiger partial charge in [-0.25, -0.2) is 0 Å². The summed E-state index contributed by atoms with van der Waals surface area (Å²) in [6.07, 6.45) is 7.71. The Kier molecular flexibility index (Phi) is 7.98. The second-order valence-electron chi connectivity index (χ2n) is 10.4. The van der Waals surface area contributed by atoms with E-state index in [1.54, 1.807) is 7.11 Å². The fourth-order valence-electron chi connectivity index (χ4n) is 5.65. The van der Waals surface area contributed by atoms with Gasteiger partial charge in [0, 0.05) is 22.3 Å². The molecule has 6 rings (SSSR count). The number of methoxy groups -OCH3 is 1. The van der Waals surface area contributed by atoms with E-state index in [4.69, 9.17) is 14.5 Å². The maximum absolute atomic E-state index is 6.13. The molecular formula is C34H30BrIN2O2. The van der Waals surface area contributed by atoms with Crippen LogP contribution in [0.25, 0.3) is 0 Å². The molecule has 40 heavy (non-hydrogen) atoms. The molecule has 1 aliphatic heterocycles. The fourth-order valence-corrected chi connectivity index (χ4v) is 6.70. The zero-order chi connectivity index (χ0) is 27.6. The van der Waals surface area contributed by atoms with E-state index in [1.807, 2.05) is 36.5 Å². The number of hydrogen-bond donors (Lipinski definition) is 1. The van der Waals surface area contributed by atoms with Crippen LogP contribution in [0.2, 0.25) is 0 Å². The highest BCUT2D eigenvalue weighted by atomic mass is 127. The van der Waals surface area contributed by atoms with E-state index in [-0.39, 0.29) is 6.04 Å². The molecule has 0 unspecified atom stereocenters.